The highest BCUT2D eigenvalue weighted by atomic mass is 16.5. The van der Waals surface area contributed by atoms with Gasteiger partial charge in [0.15, 0.2) is 5.82 Å². The van der Waals surface area contributed by atoms with Crippen molar-refractivity contribution in [3.8, 4) is 0 Å². The predicted octanol–water partition coefficient (Wildman–Crippen LogP) is 1.17. The normalized spacial score (nSPS) is 24.1. The number of aliphatic hydroxyl groups is 1. The Morgan fingerprint density at radius 2 is 2.10 bits per heavy atom. The number of carbonyl (C=O) groups is 2. The number of aliphatic hydroxyl groups excluding tert-OH is 1. The van der Waals surface area contributed by atoms with Crippen LogP contribution in [0.5, 0.6) is 0 Å². The van der Waals surface area contributed by atoms with Crippen LogP contribution in [0.1, 0.15) is 45.3 Å². The van der Waals surface area contributed by atoms with Crippen molar-refractivity contribution in [3.05, 3.63) is 47.1 Å². The number of fused-ring (bicyclic) bond motifs is 1. The minimum atomic E-state index is -1.06. The van der Waals surface area contributed by atoms with E-state index in [1.165, 1.54) is 12.1 Å². The van der Waals surface area contributed by atoms with Crippen molar-refractivity contribution in [2.75, 3.05) is 39.3 Å². The first-order chi connectivity index (χ1) is 14.4. The monoisotopic (exact) mass is 414 g/mol. The van der Waals surface area contributed by atoms with Crippen LogP contribution in [0.15, 0.2) is 28.8 Å². The summed E-state index contributed by atoms with van der Waals surface area (Å²) >= 11 is 0. The van der Waals surface area contributed by atoms with Gasteiger partial charge in [0.05, 0.1) is 11.0 Å². The maximum Gasteiger partial charge on any atom is 0.335 e. The van der Waals surface area contributed by atoms with Crippen LogP contribution in [0, 0.1) is 12.8 Å². The molecule has 4 rings (SSSR count). The van der Waals surface area contributed by atoms with Gasteiger partial charge in [-0.05, 0) is 50.4 Å². The fourth-order valence-electron chi connectivity index (χ4n) is 4.76. The lowest BCUT2D eigenvalue weighted by Gasteiger charge is -2.41. The van der Waals surface area contributed by atoms with Crippen molar-refractivity contribution in [3.63, 3.8) is 0 Å². The summed E-state index contributed by atoms with van der Waals surface area (Å²) in [7, 11) is 0. The Hall–Kier alpha value is -2.78. The molecule has 1 aromatic heterocycles. The first-order valence-electron chi connectivity index (χ1n) is 10.2. The number of piperidine rings is 1. The number of carboxylic acids is 1. The highest BCUT2D eigenvalue weighted by Gasteiger charge is 2.55. The predicted molar refractivity (Wildman–Crippen MR) is 106 cm³/mol. The summed E-state index contributed by atoms with van der Waals surface area (Å²) in [4.78, 5) is 33.1. The van der Waals surface area contributed by atoms with Gasteiger partial charge >= 0.3 is 5.97 Å². The van der Waals surface area contributed by atoms with Gasteiger partial charge in [0.25, 0.3) is 5.91 Å². The summed E-state index contributed by atoms with van der Waals surface area (Å²) in [5, 5.41) is 22.4. The summed E-state index contributed by atoms with van der Waals surface area (Å²) in [5.41, 5.74) is -0.00731. The number of nitrogens with zero attached hydrogens (tertiary/aromatic N) is 4. The van der Waals surface area contributed by atoms with Gasteiger partial charge in [0, 0.05) is 38.3 Å². The van der Waals surface area contributed by atoms with E-state index in [2.05, 4.69) is 15.0 Å². The van der Waals surface area contributed by atoms with Crippen LogP contribution in [-0.4, -0.2) is 81.4 Å². The molecule has 2 aliphatic heterocycles. The summed E-state index contributed by atoms with van der Waals surface area (Å²) in [5.74, 6) is 0.0363. The lowest BCUT2D eigenvalue weighted by molar-refractivity contribution is 0.0697. The number of hydrogen-bond acceptors (Lipinski definition) is 7. The summed E-state index contributed by atoms with van der Waals surface area (Å²) < 4.78 is 5.59. The maximum absolute atomic E-state index is 13.2. The zero-order valence-electron chi connectivity index (χ0n) is 17.0. The number of aryl methyl sites for hydroxylation is 1. The molecule has 1 amide bonds. The molecule has 0 radical (unpaired) electrons. The molecular weight excluding hydrogens is 388 g/mol. The second-order valence-corrected chi connectivity index (χ2v) is 8.21. The first kappa shape index (κ1) is 20.5. The smallest absolute Gasteiger partial charge is 0.335 e. The van der Waals surface area contributed by atoms with Crippen molar-refractivity contribution in [2.24, 2.45) is 5.92 Å². The molecule has 9 heteroatoms. The third-order valence-electron chi connectivity index (χ3n) is 6.22. The Labute approximate surface area is 174 Å². The fraction of sp³-hybridized carbons (Fsp3) is 0.524. The van der Waals surface area contributed by atoms with Gasteiger partial charge in [0.2, 0.25) is 5.89 Å². The van der Waals surface area contributed by atoms with Crippen LogP contribution in [0.2, 0.25) is 0 Å². The number of hydrogen-bond donors (Lipinski definition) is 2. The van der Waals surface area contributed by atoms with E-state index in [4.69, 9.17) is 4.52 Å². The average Bonchev–Trinajstić information content (AvgIpc) is 3.36. The maximum atomic E-state index is 13.2. The molecule has 2 saturated heterocycles. The molecule has 1 aromatic carbocycles. The molecule has 0 aliphatic carbocycles. The van der Waals surface area contributed by atoms with Crippen molar-refractivity contribution < 1.29 is 24.3 Å². The van der Waals surface area contributed by atoms with E-state index in [1.54, 1.807) is 24.0 Å². The van der Waals surface area contributed by atoms with Gasteiger partial charge in [-0.1, -0.05) is 11.2 Å². The minimum Gasteiger partial charge on any atom is -0.478 e. The van der Waals surface area contributed by atoms with Crippen molar-refractivity contribution in [2.45, 2.75) is 25.2 Å². The zero-order valence-corrected chi connectivity index (χ0v) is 17.0. The lowest BCUT2D eigenvalue weighted by Crippen LogP contribution is -2.52. The number of likely N-dealkylation sites (tertiary alicyclic amines) is 2. The van der Waals surface area contributed by atoms with Crippen molar-refractivity contribution >= 4 is 11.9 Å². The molecule has 2 atom stereocenters. The van der Waals surface area contributed by atoms with Crippen LogP contribution in [0.3, 0.4) is 0 Å². The molecule has 2 aromatic rings. The minimum absolute atomic E-state index is 0.0925. The number of carbonyl (C=O) groups excluding carboxylic acids is 1. The van der Waals surface area contributed by atoms with Crippen LogP contribution >= 0.6 is 0 Å². The third kappa shape index (κ3) is 3.70. The molecule has 30 heavy (non-hydrogen) atoms. The fourth-order valence-corrected chi connectivity index (χ4v) is 4.76. The SMILES string of the molecule is Cc1noc([C@]23CN(CCCO)CC[C@H]2CN(C(=O)c2cccc(C(=O)O)c2)C3)n1. The molecule has 0 saturated carbocycles. The van der Waals surface area contributed by atoms with E-state index in [1.807, 2.05) is 0 Å². The Bertz CT molecular complexity index is 945. The quantitative estimate of drug-likeness (QED) is 0.723. The third-order valence-corrected chi connectivity index (χ3v) is 6.22. The van der Waals surface area contributed by atoms with E-state index in [0.29, 0.717) is 43.3 Å². The van der Waals surface area contributed by atoms with Crippen LogP contribution in [-0.2, 0) is 5.41 Å². The van der Waals surface area contributed by atoms with Gasteiger partial charge in [0.1, 0.15) is 0 Å². The van der Waals surface area contributed by atoms with Crippen LogP contribution in [0.25, 0.3) is 0 Å². The molecule has 3 heterocycles. The molecule has 0 bridgehead atoms. The Morgan fingerprint density at radius 1 is 1.30 bits per heavy atom. The van der Waals surface area contributed by atoms with E-state index < -0.39 is 11.4 Å². The highest BCUT2D eigenvalue weighted by Crippen LogP contribution is 2.44. The number of amides is 1. The first-order valence-corrected chi connectivity index (χ1v) is 10.2. The Morgan fingerprint density at radius 3 is 2.80 bits per heavy atom. The largest absolute Gasteiger partial charge is 0.478 e. The van der Waals surface area contributed by atoms with E-state index in [-0.39, 0.29) is 24.0 Å². The van der Waals surface area contributed by atoms with Crippen LogP contribution in [0.4, 0.5) is 0 Å². The van der Waals surface area contributed by atoms with E-state index >= 15 is 0 Å². The Kier molecular flexibility index (Phi) is 5.57. The number of rotatable bonds is 6. The molecule has 2 aliphatic rings. The second kappa shape index (κ2) is 8.16. The number of benzene rings is 1. The molecular formula is C21H26N4O5. The van der Waals surface area contributed by atoms with Gasteiger partial charge in [-0.25, -0.2) is 4.79 Å². The van der Waals surface area contributed by atoms with Gasteiger partial charge in [-0.2, -0.15) is 4.98 Å². The summed E-state index contributed by atoms with van der Waals surface area (Å²) in [6, 6.07) is 6.13. The topological polar surface area (TPSA) is 120 Å². The van der Waals surface area contributed by atoms with Crippen LogP contribution < -0.4 is 0 Å². The van der Waals surface area contributed by atoms with Crippen molar-refractivity contribution in [1.82, 2.24) is 19.9 Å². The summed E-state index contributed by atoms with van der Waals surface area (Å²) in [6.45, 7) is 5.24. The zero-order chi connectivity index (χ0) is 21.3. The average molecular weight is 414 g/mol. The second-order valence-electron chi connectivity index (χ2n) is 8.21. The van der Waals surface area contributed by atoms with Gasteiger partial charge in [-0.3, -0.25) is 4.79 Å². The lowest BCUT2D eigenvalue weighted by atomic mass is 9.73. The van der Waals surface area contributed by atoms with Gasteiger partial charge in [-0.15, -0.1) is 0 Å². The van der Waals surface area contributed by atoms with Gasteiger partial charge < -0.3 is 24.5 Å². The molecule has 0 unspecified atom stereocenters. The molecule has 0 spiro atoms. The molecule has 9 nitrogen and oxygen atoms in total. The van der Waals surface area contributed by atoms with E-state index in [0.717, 1.165) is 19.5 Å². The van der Waals surface area contributed by atoms with Crippen molar-refractivity contribution in [1.29, 1.82) is 0 Å². The molecule has 2 N–H and O–H groups in total. The Balaban J connectivity index is 1.62. The molecule has 160 valence electrons. The number of aromatic nitrogens is 2. The number of aromatic carboxylic acids is 1. The summed E-state index contributed by atoms with van der Waals surface area (Å²) in [6.07, 6.45) is 1.57. The highest BCUT2D eigenvalue weighted by molar-refractivity contribution is 5.97. The van der Waals surface area contributed by atoms with E-state index in [9.17, 15) is 19.8 Å². The standard InChI is InChI=1S/C21H26N4O5/c1-14-22-20(30-23-14)21-12-24(7-3-9-26)8-6-17(21)11-25(13-21)18(27)15-4-2-5-16(10-15)19(28)29/h2,4-5,10,17,26H,3,6-9,11-13H2,1H3,(H,28,29)/t17-,21-/m0/s1. The molecule has 2 fully saturated rings. The number of carboxylic acid groups (broad SMARTS) is 1.